The lowest BCUT2D eigenvalue weighted by molar-refractivity contribution is 0.0694. The Kier molecular flexibility index (Phi) is 3.02. The summed E-state index contributed by atoms with van der Waals surface area (Å²) >= 11 is 5.86. The van der Waals surface area contributed by atoms with E-state index in [1.165, 1.54) is 12.1 Å². The van der Waals surface area contributed by atoms with Crippen molar-refractivity contribution in [1.29, 1.82) is 0 Å². The lowest BCUT2D eigenvalue weighted by atomic mass is 10.0. The van der Waals surface area contributed by atoms with Gasteiger partial charge in [0.25, 0.3) is 0 Å². The van der Waals surface area contributed by atoms with Crippen molar-refractivity contribution in [3.63, 3.8) is 0 Å². The third-order valence-corrected chi connectivity index (χ3v) is 2.62. The number of hydrogen-bond acceptors (Lipinski definition) is 2. The minimum Gasteiger partial charge on any atom is -0.507 e. The Labute approximate surface area is 103 Å². The molecule has 86 valence electrons. The molecule has 0 aliphatic rings. The first-order chi connectivity index (χ1) is 8.08. The lowest BCUT2D eigenvalue weighted by Crippen LogP contribution is -1.96. The summed E-state index contributed by atoms with van der Waals surface area (Å²) in [6, 6.07) is 11.5. The maximum absolute atomic E-state index is 10.7. The van der Waals surface area contributed by atoms with Crippen LogP contribution in [0.2, 0.25) is 5.02 Å². The van der Waals surface area contributed by atoms with E-state index in [4.69, 9.17) is 16.7 Å². The average Bonchev–Trinajstić information content (AvgIpc) is 2.28. The Morgan fingerprint density at radius 2 is 1.76 bits per heavy atom. The smallest absolute Gasteiger partial charge is 0.339 e. The predicted octanol–water partition coefficient (Wildman–Crippen LogP) is 3.41. The van der Waals surface area contributed by atoms with Gasteiger partial charge in [-0.2, -0.15) is 0 Å². The van der Waals surface area contributed by atoms with Crippen LogP contribution in [0.5, 0.6) is 5.75 Å². The molecule has 0 bridgehead atoms. The molecule has 0 saturated heterocycles. The molecule has 0 fully saturated rings. The summed E-state index contributed by atoms with van der Waals surface area (Å²) in [5, 5.41) is 19.0. The highest BCUT2D eigenvalue weighted by Gasteiger charge is 2.10. The van der Waals surface area contributed by atoms with E-state index in [0.29, 0.717) is 5.02 Å². The molecule has 0 spiro atoms. The van der Waals surface area contributed by atoms with Crippen molar-refractivity contribution in [2.24, 2.45) is 0 Å². The van der Waals surface area contributed by atoms with Gasteiger partial charge in [0.2, 0.25) is 0 Å². The minimum absolute atomic E-state index is 0.115. The molecule has 0 saturated carbocycles. The van der Waals surface area contributed by atoms with Gasteiger partial charge >= 0.3 is 5.97 Å². The topological polar surface area (TPSA) is 57.5 Å². The van der Waals surface area contributed by atoms with E-state index in [1.807, 2.05) is 6.07 Å². The van der Waals surface area contributed by atoms with Crippen LogP contribution in [0.4, 0.5) is 0 Å². The highest BCUT2D eigenvalue weighted by molar-refractivity contribution is 6.30. The third-order valence-electron chi connectivity index (χ3n) is 2.39. The predicted molar refractivity (Wildman–Crippen MR) is 65.5 cm³/mol. The summed E-state index contributed by atoms with van der Waals surface area (Å²) in [5.41, 5.74) is 1.43. The summed E-state index contributed by atoms with van der Waals surface area (Å²) in [5.74, 6) is -1.41. The molecule has 0 aliphatic carbocycles. The van der Waals surface area contributed by atoms with E-state index in [9.17, 15) is 9.90 Å². The Balaban J connectivity index is 2.48. The van der Waals surface area contributed by atoms with Gasteiger partial charge in [0, 0.05) is 5.02 Å². The van der Waals surface area contributed by atoms with Gasteiger partial charge in [0.05, 0.1) is 0 Å². The van der Waals surface area contributed by atoms with Crippen LogP contribution in [0.1, 0.15) is 10.4 Å². The number of carboxylic acids is 1. The van der Waals surface area contributed by atoms with Gasteiger partial charge in [-0.1, -0.05) is 29.8 Å². The molecule has 17 heavy (non-hydrogen) atoms. The summed E-state index contributed by atoms with van der Waals surface area (Å²) in [7, 11) is 0. The van der Waals surface area contributed by atoms with E-state index in [2.05, 4.69) is 0 Å². The lowest BCUT2D eigenvalue weighted by Gasteiger charge is -2.05. The van der Waals surface area contributed by atoms with E-state index in [0.717, 1.165) is 11.1 Å². The van der Waals surface area contributed by atoms with Crippen LogP contribution in [0, 0.1) is 0 Å². The van der Waals surface area contributed by atoms with Crippen LogP contribution in [0.25, 0.3) is 11.1 Å². The maximum Gasteiger partial charge on any atom is 0.339 e. The van der Waals surface area contributed by atoms with Crippen LogP contribution < -0.4 is 0 Å². The molecule has 0 aliphatic heterocycles. The molecule has 2 aromatic carbocycles. The fourth-order valence-electron chi connectivity index (χ4n) is 1.56. The van der Waals surface area contributed by atoms with Crippen molar-refractivity contribution in [1.82, 2.24) is 0 Å². The molecule has 2 aromatic rings. The molecule has 0 amide bonds. The SMILES string of the molecule is O=C(O)c1ccc(-c2cccc(Cl)c2)cc1O. The second kappa shape index (κ2) is 4.47. The molecule has 0 heterocycles. The molecule has 0 atom stereocenters. The van der Waals surface area contributed by atoms with Crippen molar-refractivity contribution >= 4 is 17.6 Å². The van der Waals surface area contributed by atoms with Crippen LogP contribution in [0.15, 0.2) is 42.5 Å². The molecule has 0 aromatic heterocycles. The molecule has 0 unspecified atom stereocenters. The molecule has 3 nitrogen and oxygen atoms in total. The number of phenols is 1. The van der Waals surface area contributed by atoms with Gasteiger partial charge < -0.3 is 10.2 Å². The first kappa shape index (κ1) is 11.5. The zero-order chi connectivity index (χ0) is 12.4. The van der Waals surface area contributed by atoms with Gasteiger partial charge in [-0.15, -0.1) is 0 Å². The van der Waals surface area contributed by atoms with Gasteiger partial charge in [-0.3, -0.25) is 0 Å². The van der Waals surface area contributed by atoms with Gasteiger partial charge in [0.15, 0.2) is 0 Å². The number of carboxylic acid groups (broad SMARTS) is 1. The Bertz CT molecular complexity index is 579. The number of hydrogen-bond donors (Lipinski definition) is 2. The van der Waals surface area contributed by atoms with Crippen LogP contribution >= 0.6 is 11.6 Å². The minimum atomic E-state index is -1.15. The summed E-state index contributed by atoms with van der Waals surface area (Å²) in [6.45, 7) is 0. The number of halogens is 1. The Hall–Kier alpha value is -2.00. The second-order valence-electron chi connectivity index (χ2n) is 3.55. The van der Waals surface area contributed by atoms with Crippen LogP contribution in [-0.2, 0) is 0 Å². The van der Waals surface area contributed by atoms with Gasteiger partial charge in [-0.05, 0) is 35.4 Å². The first-order valence-electron chi connectivity index (χ1n) is 4.90. The fourth-order valence-corrected chi connectivity index (χ4v) is 1.75. The molecule has 2 N–H and O–H groups in total. The van der Waals surface area contributed by atoms with Crippen molar-refractivity contribution in [3.05, 3.63) is 53.1 Å². The van der Waals surface area contributed by atoms with E-state index in [-0.39, 0.29) is 11.3 Å². The quantitative estimate of drug-likeness (QED) is 0.856. The summed E-state index contributed by atoms with van der Waals surface area (Å²) in [4.78, 5) is 10.7. The maximum atomic E-state index is 10.7. The zero-order valence-corrected chi connectivity index (χ0v) is 9.48. The van der Waals surface area contributed by atoms with Crippen LogP contribution in [-0.4, -0.2) is 16.2 Å². The largest absolute Gasteiger partial charge is 0.507 e. The summed E-state index contributed by atoms with van der Waals surface area (Å²) in [6.07, 6.45) is 0. The van der Waals surface area contributed by atoms with E-state index >= 15 is 0 Å². The monoisotopic (exact) mass is 248 g/mol. The van der Waals surface area contributed by atoms with E-state index < -0.39 is 5.97 Å². The van der Waals surface area contributed by atoms with Crippen molar-refractivity contribution in [2.75, 3.05) is 0 Å². The van der Waals surface area contributed by atoms with E-state index in [1.54, 1.807) is 24.3 Å². The van der Waals surface area contributed by atoms with Crippen molar-refractivity contribution < 1.29 is 15.0 Å². The third kappa shape index (κ3) is 2.40. The number of aromatic carboxylic acids is 1. The summed E-state index contributed by atoms with van der Waals surface area (Å²) < 4.78 is 0. The standard InChI is InChI=1S/C13H9ClO3/c14-10-3-1-2-8(6-10)9-4-5-11(13(16)17)12(15)7-9/h1-7,15H,(H,16,17). The highest BCUT2D eigenvalue weighted by atomic mass is 35.5. The number of aromatic hydroxyl groups is 1. The normalized spacial score (nSPS) is 10.2. The fraction of sp³-hybridized carbons (Fsp3) is 0. The molecule has 2 rings (SSSR count). The van der Waals surface area contributed by atoms with Gasteiger partial charge in [-0.25, -0.2) is 4.79 Å². The second-order valence-corrected chi connectivity index (χ2v) is 3.98. The zero-order valence-electron chi connectivity index (χ0n) is 8.72. The molecule has 0 radical (unpaired) electrons. The number of benzene rings is 2. The van der Waals surface area contributed by atoms with Gasteiger partial charge in [0.1, 0.15) is 11.3 Å². The molecular formula is C13H9ClO3. The van der Waals surface area contributed by atoms with Crippen LogP contribution in [0.3, 0.4) is 0 Å². The average molecular weight is 249 g/mol. The van der Waals surface area contributed by atoms with Crippen molar-refractivity contribution in [3.8, 4) is 16.9 Å². The van der Waals surface area contributed by atoms with Crippen molar-refractivity contribution in [2.45, 2.75) is 0 Å². The Morgan fingerprint density at radius 1 is 1.06 bits per heavy atom. The molecular weight excluding hydrogens is 240 g/mol. The Morgan fingerprint density at radius 3 is 2.35 bits per heavy atom. The number of rotatable bonds is 2. The first-order valence-corrected chi connectivity index (χ1v) is 5.28. The highest BCUT2D eigenvalue weighted by Crippen LogP contribution is 2.28. The number of carbonyl (C=O) groups is 1. The molecule has 4 heteroatoms.